The van der Waals surface area contributed by atoms with Crippen LogP contribution in [0.2, 0.25) is 0 Å². The highest BCUT2D eigenvalue weighted by Gasteiger charge is 2.12. The van der Waals surface area contributed by atoms with E-state index in [0.717, 1.165) is 88.6 Å². The number of aromatic nitrogens is 4. The molecule has 0 bridgehead atoms. The third-order valence-electron chi connectivity index (χ3n) is 10.8. The van der Waals surface area contributed by atoms with Gasteiger partial charge in [-0.3, -0.25) is 0 Å². The topological polar surface area (TPSA) is 51.6 Å². The Kier molecular flexibility index (Phi) is 7.46. The number of pyridine rings is 4. The van der Waals surface area contributed by atoms with E-state index in [9.17, 15) is 0 Å². The number of fused-ring (bicyclic) bond motifs is 6. The highest BCUT2D eigenvalue weighted by molar-refractivity contribution is 6.04. The molecule has 56 heavy (non-hydrogen) atoms. The number of hydrogen-bond donors (Lipinski definition) is 0. The molecule has 0 aliphatic heterocycles. The zero-order valence-electron chi connectivity index (χ0n) is 30.3. The smallest absolute Gasteiger partial charge is 0.0972 e. The summed E-state index contributed by atoms with van der Waals surface area (Å²) in [5.41, 5.74) is 14.0. The van der Waals surface area contributed by atoms with E-state index in [1.54, 1.807) is 0 Å². The van der Waals surface area contributed by atoms with Crippen molar-refractivity contribution in [2.45, 2.75) is 0 Å². The minimum atomic E-state index is 0.903. The Bertz CT molecular complexity index is 3300. The molecule has 260 valence electrons. The Hall–Kier alpha value is -7.56. The zero-order chi connectivity index (χ0) is 37.0. The van der Waals surface area contributed by atoms with Crippen LogP contribution in [0.15, 0.2) is 194 Å². The second-order valence-electron chi connectivity index (χ2n) is 14.3. The first kappa shape index (κ1) is 31.9. The lowest BCUT2D eigenvalue weighted by atomic mass is 9.97. The standard InChI is InChI=1S/C52H32N4/c1-2-8-34(9-3-1)46-28-24-38-19-20-39-25-29-47(56-52(39)51(38)55-46)36-16-14-35(15-17-36)45-27-23-37-18-22-42(32-50(37)54-45)48-30-26-44-43(11-6-12-49(44)53-48)41-21-13-33-7-4-5-10-40(33)31-41/h1-32H. The van der Waals surface area contributed by atoms with Crippen molar-refractivity contribution in [1.29, 1.82) is 0 Å². The van der Waals surface area contributed by atoms with Crippen molar-refractivity contribution in [1.82, 2.24) is 19.9 Å². The Morgan fingerprint density at radius 2 is 0.750 bits per heavy atom. The van der Waals surface area contributed by atoms with Crippen LogP contribution >= 0.6 is 0 Å². The molecular weight excluding hydrogens is 681 g/mol. The molecule has 4 aromatic heterocycles. The molecular formula is C52H32N4. The average Bonchev–Trinajstić information content (AvgIpc) is 3.28. The highest BCUT2D eigenvalue weighted by Crippen LogP contribution is 2.34. The van der Waals surface area contributed by atoms with Gasteiger partial charge in [0, 0.05) is 43.8 Å². The number of rotatable bonds is 5. The van der Waals surface area contributed by atoms with Crippen LogP contribution in [0.5, 0.6) is 0 Å². The van der Waals surface area contributed by atoms with Crippen molar-refractivity contribution in [3.63, 3.8) is 0 Å². The summed E-state index contributed by atoms with van der Waals surface area (Å²) < 4.78 is 0. The molecule has 0 spiro atoms. The molecule has 4 nitrogen and oxygen atoms in total. The summed E-state index contributed by atoms with van der Waals surface area (Å²) in [6, 6.07) is 68.0. The van der Waals surface area contributed by atoms with Crippen molar-refractivity contribution in [2.24, 2.45) is 0 Å². The first-order valence-electron chi connectivity index (χ1n) is 18.9. The molecule has 0 saturated carbocycles. The van der Waals surface area contributed by atoms with Crippen molar-refractivity contribution in [3.8, 4) is 56.2 Å². The summed E-state index contributed by atoms with van der Waals surface area (Å²) in [6.07, 6.45) is 0. The third-order valence-corrected chi connectivity index (χ3v) is 10.8. The van der Waals surface area contributed by atoms with Crippen molar-refractivity contribution in [3.05, 3.63) is 194 Å². The average molecular weight is 713 g/mol. The van der Waals surface area contributed by atoms with Crippen LogP contribution in [-0.2, 0) is 0 Å². The van der Waals surface area contributed by atoms with Crippen molar-refractivity contribution in [2.75, 3.05) is 0 Å². The minimum absolute atomic E-state index is 0.903. The fourth-order valence-electron chi connectivity index (χ4n) is 7.87. The predicted octanol–water partition coefficient (Wildman–Crippen LogP) is 13.4. The second kappa shape index (κ2) is 13.1. The second-order valence-corrected chi connectivity index (χ2v) is 14.3. The van der Waals surface area contributed by atoms with Crippen LogP contribution in [0.1, 0.15) is 0 Å². The molecule has 0 atom stereocenters. The number of hydrogen-bond acceptors (Lipinski definition) is 4. The van der Waals surface area contributed by atoms with Crippen LogP contribution in [0, 0.1) is 0 Å². The molecule has 4 heteroatoms. The summed E-state index contributed by atoms with van der Waals surface area (Å²) in [6.45, 7) is 0. The van der Waals surface area contributed by atoms with E-state index in [0.29, 0.717) is 0 Å². The minimum Gasteiger partial charge on any atom is -0.248 e. The molecule has 0 aliphatic rings. The van der Waals surface area contributed by atoms with Crippen LogP contribution in [-0.4, -0.2) is 19.9 Å². The molecule has 11 rings (SSSR count). The molecule has 0 radical (unpaired) electrons. The fourth-order valence-corrected chi connectivity index (χ4v) is 7.87. The first-order chi connectivity index (χ1) is 27.7. The van der Waals surface area contributed by atoms with Crippen LogP contribution in [0.25, 0.3) is 111 Å². The van der Waals surface area contributed by atoms with E-state index in [2.05, 4.69) is 176 Å². The summed E-state index contributed by atoms with van der Waals surface area (Å²) in [4.78, 5) is 20.5. The van der Waals surface area contributed by atoms with E-state index in [-0.39, 0.29) is 0 Å². The molecule has 4 heterocycles. The molecule has 0 fully saturated rings. The van der Waals surface area contributed by atoms with E-state index in [4.69, 9.17) is 19.9 Å². The lowest BCUT2D eigenvalue weighted by Crippen LogP contribution is -1.91. The summed E-state index contributed by atoms with van der Waals surface area (Å²) in [7, 11) is 0. The van der Waals surface area contributed by atoms with Gasteiger partial charge in [-0.25, -0.2) is 19.9 Å². The maximum atomic E-state index is 5.16. The van der Waals surface area contributed by atoms with Gasteiger partial charge in [0.25, 0.3) is 0 Å². The molecule has 0 saturated heterocycles. The molecule has 11 aromatic rings. The first-order valence-corrected chi connectivity index (χ1v) is 18.9. The van der Waals surface area contributed by atoms with Gasteiger partial charge in [-0.2, -0.15) is 0 Å². The lowest BCUT2D eigenvalue weighted by molar-refractivity contribution is 1.36. The Morgan fingerprint density at radius 1 is 0.250 bits per heavy atom. The van der Waals surface area contributed by atoms with Crippen LogP contribution in [0.4, 0.5) is 0 Å². The monoisotopic (exact) mass is 712 g/mol. The number of benzene rings is 7. The lowest BCUT2D eigenvalue weighted by Gasteiger charge is -2.10. The number of nitrogens with zero attached hydrogens (tertiary/aromatic N) is 4. The van der Waals surface area contributed by atoms with E-state index in [1.807, 2.05) is 18.2 Å². The van der Waals surface area contributed by atoms with Crippen molar-refractivity contribution >= 4 is 54.4 Å². The van der Waals surface area contributed by atoms with Gasteiger partial charge in [-0.05, 0) is 64.4 Å². The summed E-state index contributed by atoms with van der Waals surface area (Å²) >= 11 is 0. The van der Waals surface area contributed by atoms with Crippen molar-refractivity contribution < 1.29 is 0 Å². The van der Waals surface area contributed by atoms with Gasteiger partial charge in [0.15, 0.2) is 0 Å². The molecule has 0 amide bonds. The molecule has 0 aliphatic carbocycles. The maximum Gasteiger partial charge on any atom is 0.0972 e. The molecule has 7 aromatic carbocycles. The van der Waals surface area contributed by atoms with Gasteiger partial charge < -0.3 is 0 Å². The Morgan fingerprint density at radius 3 is 1.48 bits per heavy atom. The quantitative estimate of drug-likeness (QED) is 0.167. The third kappa shape index (κ3) is 5.64. The SMILES string of the molecule is c1ccc(-c2ccc3ccc4ccc(-c5ccc(-c6ccc7ccc(-c8ccc9c(-c%10ccc%11ccccc%11c%10)cccc9n8)cc7n6)cc5)nc4c3n2)cc1. The summed E-state index contributed by atoms with van der Waals surface area (Å²) in [5.74, 6) is 0. The molecule has 0 N–H and O–H groups in total. The van der Waals surface area contributed by atoms with E-state index < -0.39 is 0 Å². The fraction of sp³-hybridized carbons (Fsp3) is 0. The van der Waals surface area contributed by atoms with Crippen LogP contribution < -0.4 is 0 Å². The van der Waals surface area contributed by atoms with Gasteiger partial charge in [0.1, 0.15) is 0 Å². The van der Waals surface area contributed by atoms with Gasteiger partial charge in [0.2, 0.25) is 0 Å². The molecule has 0 unspecified atom stereocenters. The van der Waals surface area contributed by atoms with Crippen LogP contribution in [0.3, 0.4) is 0 Å². The van der Waals surface area contributed by atoms with Gasteiger partial charge in [0.05, 0.1) is 44.8 Å². The Labute approximate surface area is 323 Å². The maximum absolute atomic E-state index is 5.16. The van der Waals surface area contributed by atoms with Gasteiger partial charge >= 0.3 is 0 Å². The largest absolute Gasteiger partial charge is 0.248 e. The summed E-state index contributed by atoms with van der Waals surface area (Å²) in [5, 5.41) is 6.84. The van der Waals surface area contributed by atoms with E-state index in [1.165, 1.54) is 21.9 Å². The van der Waals surface area contributed by atoms with Gasteiger partial charge in [-0.1, -0.05) is 152 Å². The Balaban J connectivity index is 0.900. The normalized spacial score (nSPS) is 11.6. The zero-order valence-corrected chi connectivity index (χ0v) is 30.3. The predicted molar refractivity (Wildman–Crippen MR) is 232 cm³/mol. The van der Waals surface area contributed by atoms with E-state index >= 15 is 0 Å². The van der Waals surface area contributed by atoms with Gasteiger partial charge in [-0.15, -0.1) is 0 Å². The highest BCUT2D eigenvalue weighted by atomic mass is 14.8.